The number of halogens is 1. The van der Waals surface area contributed by atoms with Gasteiger partial charge >= 0.3 is 0 Å². The van der Waals surface area contributed by atoms with Crippen molar-refractivity contribution < 1.29 is 4.39 Å². The largest absolute Gasteiger partial charge is 0.361 e. The van der Waals surface area contributed by atoms with Crippen LogP contribution in [0.4, 0.5) is 10.2 Å². The number of hydrogen-bond donors (Lipinski definition) is 3. The van der Waals surface area contributed by atoms with Crippen LogP contribution in [-0.2, 0) is 6.54 Å². The number of anilines is 1. The molecular weight excluding hydrogens is 269 g/mol. The first-order valence-electron chi connectivity index (χ1n) is 7.00. The van der Waals surface area contributed by atoms with E-state index in [-0.39, 0.29) is 23.2 Å². The van der Waals surface area contributed by atoms with Crippen molar-refractivity contribution in [3.8, 4) is 0 Å². The summed E-state index contributed by atoms with van der Waals surface area (Å²) in [5.41, 5.74) is 1.49. The summed E-state index contributed by atoms with van der Waals surface area (Å²) in [4.78, 5) is 4.09. The lowest BCUT2D eigenvalue weighted by Gasteiger charge is -2.21. The lowest BCUT2D eigenvalue weighted by molar-refractivity contribution is 0.418. The molecule has 1 atom stereocenters. The Balaban J connectivity index is 2.10. The van der Waals surface area contributed by atoms with Crippen LogP contribution in [0.3, 0.4) is 0 Å². The van der Waals surface area contributed by atoms with Crippen molar-refractivity contribution in [3.05, 3.63) is 41.6 Å². The molecule has 0 bridgehead atoms. The molecule has 0 aliphatic heterocycles. The monoisotopic (exact) mass is 291 g/mol. The van der Waals surface area contributed by atoms with E-state index >= 15 is 0 Å². The number of aromatic nitrogens is 3. The highest BCUT2D eigenvalue weighted by Crippen LogP contribution is 2.21. The van der Waals surface area contributed by atoms with Crippen molar-refractivity contribution in [3.63, 3.8) is 0 Å². The average Bonchev–Trinajstić information content (AvgIpc) is 2.92. The smallest absolute Gasteiger partial charge is 0.169 e. The number of aromatic amines is 1. The highest BCUT2D eigenvalue weighted by molar-refractivity contribution is 5.42. The van der Waals surface area contributed by atoms with Gasteiger partial charge in [0.2, 0.25) is 0 Å². The van der Waals surface area contributed by atoms with Crippen molar-refractivity contribution >= 4 is 5.82 Å². The van der Waals surface area contributed by atoms with Gasteiger partial charge in [-0.3, -0.25) is 5.10 Å². The van der Waals surface area contributed by atoms with E-state index in [0.29, 0.717) is 12.1 Å². The normalized spacial score (nSPS) is 13.2. The number of pyridine rings is 1. The predicted molar refractivity (Wildman–Crippen MR) is 81.4 cm³/mol. The molecule has 2 aromatic heterocycles. The van der Waals surface area contributed by atoms with Crippen molar-refractivity contribution in [1.29, 1.82) is 0 Å². The molecule has 0 amide bonds. The first kappa shape index (κ1) is 15.4. The quantitative estimate of drug-likeness (QED) is 0.792. The lowest BCUT2D eigenvalue weighted by Crippen LogP contribution is -2.35. The van der Waals surface area contributed by atoms with Gasteiger partial charge in [-0.25, -0.2) is 9.37 Å². The fourth-order valence-corrected chi connectivity index (χ4v) is 1.87. The molecule has 0 aromatic carbocycles. The topological polar surface area (TPSA) is 65.6 Å². The molecule has 2 aromatic rings. The summed E-state index contributed by atoms with van der Waals surface area (Å²) >= 11 is 0. The third kappa shape index (κ3) is 4.26. The molecule has 5 nitrogen and oxygen atoms in total. The van der Waals surface area contributed by atoms with Gasteiger partial charge in [-0.15, -0.1) is 0 Å². The van der Waals surface area contributed by atoms with E-state index in [2.05, 4.69) is 25.8 Å². The summed E-state index contributed by atoms with van der Waals surface area (Å²) in [6.07, 6.45) is 5.11. The maximum absolute atomic E-state index is 14.5. The van der Waals surface area contributed by atoms with Crippen molar-refractivity contribution in [1.82, 2.24) is 20.5 Å². The number of nitrogens with zero attached hydrogens (tertiary/aromatic N) is 2. The molecule has 6 heteroatoms. The van der Waals surface area contributed by atoms with E-state index in [1.54, 1.807) is 24.7 Å². The van der Waals surface area contributed by atoms with E-state index in [0.717, 1.165) is 5.56 Å². The summed E-state index contributed by atoms with van der Waals surface area (Å²) in [6.45, 7) is 8.55. The van der Waals surface area contributed by atoms with Crippen LogP contribution < -0.4 is 10.6 Å². The second kappa shape index (κ2) is 6.22. The Morgan fingerprint density at radius 2 is 2.14 bits per heavy atom. The van der Waals surface area contributed by atoms with Crippen molar-refractivity contribution in [2.45, 2.75) is 45.8 Å². The Bertz CT molecular complexity index is 574. The van der Waals surface area contributed by atoms with Gasteiger partial charge < -0.3 is 10.6 Å². The molecule has 2 rings (SSSR count). The van der Waals surface area contributed by atoms with Crippen LogP contribution >= 0.6 is 0 Å². The Morgan fingerprint density at radius 1 is 1.38 bits per heavy atom. The summed E-state index contributed by atoms with van der Waals surface area (Å²) in [5.74, 6) is -0.0542. The molecule has 0 saturated heterocycles. The van der Waals surface area contributed by atoms with Gasteiger partial charge in [0, 0.05) is 35.6 Å². The first-order valence-corrected chi connectivity index (χ1v) is 7.00. The molecule has 0 saturated carbocycles. The second-order valence-corrected chi connectivity index (χ2v) is 6.13. The van der Waals surface area contributed by atoms with Crippen LogP contribution in [0.25, 0.3) is 0 Å². The van der Waals surface area contributed by atoms with Crippen LogP contribution in [0.5, 0.6) is 0 Å². The van der Waals surface area contributed by atoms with Gasteiger partial charge in [0.25, 0.3) is 0 Å². The maximum Gasteiger partial charge on any atom is 0.169 e. The molecule has 0 fully saturated rings. The van der Waals surface area contributed by atoms with Crippen LogP contribution in [0, 0.1) is 5.82 Å². The third-order valence-electron chi connectivity index (χ3n) is 3.15. The zero-order valence-corrected chi connectivity index (χ0v) is 12.9. The van der Waals surface area contributed by atoms with E-state index in [1.807, 2.05) is 27.7 Å². The van der Waals surface area contributed by atoms with Crippen LogP contribution in [0.15, 0.2) is 24.7 Å². The average molecular weight is 291 g/mol. The Kier molecular flexibility index (Phi) is 4.57. The number of nitrogens with one attached hydrogen (secondary N) is 3. The van der Waals surface area contributed by atoms with Gasteiger partial charge in [-0.05, 0) is 33.8 Å². The molecule has 0 spiro atoms. The minimum Gasteiger partial charge on any atom is -0.361 e. The maximum atomic E-state index is 14.5. The predicted octanol–water partition coefficient (Wildman–Crippen LogP) is 3.01. The van der Waals surface area contributed by atoms with E-state index in [9.17, 15) is 4.39 Å². The van der Waals surface area contributed by atoms with Crippen LogP contribution in [0.2, 0.25) is 0 Å². The molecular formula is C15H22FN5. The zero-order chi connectivity index (χ0) is 15.5. The van der Waals surface area contributed by atoms with Gasteiger partial charge in [0.1, 0.15) is 0 Å². The Labute approximate surface area is 124 Å². The van der Waals surface area contributed by atoms with E-state index in [4.69, 9.17) is 0 Å². The molecule has 0 aliphatic carbocycles. The highest BCUT2D eigenvalue weighted by atomic mass is 19.1. The first-order chi connectivity index (χ1) is 9.87. The number of H-pyrrole nitrogens is 1. The van der Waals surface area contributed by atoms with Crippen LogP contribution in [0.1, 0.15) is 44.9 Å². The molecule has 21 heavy (non-hydrogen) atoms. The lowest BCUT2D eigenvalue weighted by atomic mass is 10.1. The number of rotatable bonds is 5. The van der Waals surface area contributed by atoms with E-state index in [1.165, 1.54) is 0 Å². The highest BCUT2D eigenvalue weighted by Gasteiger charge is 2.15. The standard InChI is InChI=1S/C15H22FN5/c1-10(12-8-19-20-9-12)21-14-13(16)11(5-6-17-14)7-18-15(2,3)4/h5-6,8-10,18H,7H2,1-4H3,(H,17,21)(H,19,20). The third-order valence-corrected chi connectivity index (χ3v) is 3.15. The van der Waals surface area contributed by atoms with Crippen LogP contribution in [-0.4, -0.2) is 20.7 Å². The summed E-state index contributed by atoms with van der Waals surface area (Å²) in [5, 5.41) is 13.0. The summed E-state index contributed by atoms with van der Waals surface area (Å²) in [7, 11) is 0. The molecule has 0 radical (unpaired) electrons. The van der Waals surface area contributed by atoms with Gasteiger partial charge in [0.05, 0.1) is 12.2 Å². The Morgan fingerprint density at radius 3 is 2.76 bits per heavy atom. The fourth-order valence-electron chi connectivity index (χ4n) is 1.87. The van der Waals surface area contributed by atoms with Gasteiger partial charge in [0.15, 0.2) is 11.6 Å². The summed E-state index contributed by atoms with van der Waals surface area (Å²) < 4.78 is 14.5. The molecule has 1 unspecified atom stereocenters. The minimum absolute atomic E-state index is 0.0621. The summed E-state index contributed by atoms with van der Waals surface area (Å²) in [6, 6.07) is 1.62. The molecule has 3 N–H and O–H groups in total. The van der Waals surface area contributed by atoms with Gasteiger partial charge in [-0.1, -0.05) is 0 Å². The second-order valence-electron chi connectivity index (χ2n) is 6.13. The molecule has 2 heterocycles. The Hall–Kier alpha value is -1.95. The SMILES string of the molecule is CC(Nc1nccc(CNC(C)(C)C)c1F)c1cn[nH]c1. The zero-order valence-electron chi connectivity index (χ0n) is 12.9. The minimum atomic E-state index is -0.315. The molecule has 0 aliphatic rings. The molecule has 114 valence electrons. The number of hydrogen-bond acceptors (Lipinski definition) is 4. The fraction of sp³-hybridized carbons (Fsp3) is 0.467. The van der Waals surface area contributed by atoms with Crippen molar-refractivity contribution in [2.75, 3.05) is 5.32 Å². The van der Waals surface area contributed by atoms with Gasteiger partial charge in [-0.2, -0.15) is 5.10 Å². The van der Waals surface area contributed by atoms with E-state index < -0.39 is 0 Å². The van der Waals surface area contributed by atoms with Crippen molar-refractivity contribution in [2.24, 2.45) is 0 Å².